The van der Waals surface area contributed by atoms with Crippen LogP contribution in [0.15, 0.2) is 36.4 Å². The second kappa shape index (κ2) is 7.69. The van der Waals surface area contributed by atoms with Crippen LogP contribution in [0, 0.1) is 5.82 Å². The molecule has 1 N–H and O–H groups in total. The Hall–Kier alpha value is -2.47. The number of amides is 1. The average Bonchev–Trinajstić information content (AvgIpc) is 2.55. The third-order valence-electron chi connectivity index (χ3n) is 2.93. The van der Waals surface area contributed by atoms with Crippen molar-refractivity contribution in [3.8, 4) is 17.2 Å². The number of carbonyl (C=O) groups excluding carboxylic acids is 1. The predicted molar refractivity (Wildman–Crippen MR) is 85.1 cm³/mol. The van der Waals surface area contributed by atoms with E-state index in [0.29, 0.717) is 22.9 Å². The first-order valence-electron chi connectivity index (χ1n) is 6.64. The highest BCUT2D eigenvalue weighted by molar-refractivity contribution is 6.31. The molecule has 122 valence electrons. The van der Waals surface area contributed by atoms with Crippen molar-refractivity contribution < 1.29 is 23.4 Å². The van der Waals surface area contributed by atoms with E-state index in [-0.39, 0.29) is 11.6 Å². The highest BCUT2D eigenvalue weighted by Crippen LogP contribution is 2.36. The Labute approximate surface area is 137 Å². The molecule has 5 nitrogen and oxygen atoms in total. The van der Waals surface area contributed by atoms with Crippen LogP contribution in [-0.4, -0.2) is 26.7 Å². The lowest BCUT2D eigenvalue weighted by atomic mass is 10.3. The SMILES string of the molecule is COc1cccc(OCC(=O)Nc2ccc(F)c(Cl)c2)c1OC. The van der Waals surface area contributed by atoms with Gasteiger partial charge in [0.15, 0.2) is 18.1 Å². The van der Waals surface area contributed by atoms with Gasteiger partial charge in [0.05, 0.1) is 19.2 Å². The smallest absolute Gasteiger partial charge is 0.262 e. The van der Waals surface area contributed by atoms with Crippen molar-refractivity contribution in [1.29, 1.82) is 0 Å². The monoisotopic (exact) mass is 339 g/mol. The number of carbonyl (C=O) groups is 1. The van der Waals surface area contributed by atoms with Crippen LogP contribution < -0.4 is 19.5 Å². The minimum atomic E-state index is -0.554. The Bertz CT molecular complexity index is 708. The van der Waals surface area contributed by atoms with Crippen LogP contribution >= 0.6 is 11.6 Å². The number of hydrogen-bond donors (Lipinski definition) is 1. The van der Waals surface area contributed by atoms with Gasteiger partial charge in [-0.2, -0.15) is 0 Å². The number of rotatable bonds is 6. The summed E-state index contributed by atoms with van der Waals surface area (Å²) < 4.78 is 28.9. The molecule has 0 radical (unpaired) electrons. The fourth-order valence-electron chi connectivity index (χ4n) is 1.89. The van der Waals surface area contributed by atoms with Gasteiger partial charge in [-0.15, -0.1) is 0 Å². The molecule has 2 aromatic rings. The molecule has 23 heavy (non-hydrogen) atoms. The molecule has 2 aromatic carbocycles. The third-order valence-corrected chi connectivity index (χ3v) is 3.22. The minimum Gasteiger partial charge on any atom is -0.493 e. The largest absolute Gasteiger partial charge is 0.493 e. The maximum atomic E-state index is 13.1. The maximum Gasteiger partial charge on any atom is 0.262 e. The van der Waals surface area contributed by atoms with Crippen molar-refractivity contribution in [2.45, 2.75) is 0 Å². The van der Waals surface area contributed by atoms with Crippen LogP contribution in [0.25, 0.3) is 0 Å². The standard InChI is InChI=1S/C16H15ClFNO4/c1-21-13-4-3-5-14(16(13)22-2)23-9-15(20)19-10-6-7-12(18)11(17)8-10/h3-8H,9H2,1-2H3,(H,19,20). The van der Waals surface area contributed by atoms with E-state index in [4.69, 9.17) is 25.8 Å². The van der Waals surface area contributed by atoms with Crippen LogP contribution in [0.1, 0.15) is 0 Å². The predicted octanol–water partition coefficient (Wildman–Crippen LogP) is 3.51. The number of para-hydroxylation sites is 1. The van der Waals surface area contributed by atoms with Crippen LogP contribution in [0.3, 0.4) is 0 Å². The highest BCUT2D eigenvalue weighted by atomic mass is 35.5. The first-order valence-corrected chi connectivity index (χ1v) is 7.01. The van der Waals surface area contributed by atoms with Gasteiger partial charge < -0.3 is 19.5 Å². The van der Waals surface area contributed by atoms with Crippen LogP contribution in [0.5, 0.6) is 17.2 Å². The number of halogens is 2. The summed E-state index contributed by atoms with van der Waals surface area (Å²) in [5, 5.41) is 2.49. The molecule has 0 unspecified atom stereocenters. The number of ether oxygens (including phenoxy) is 3. The van der Waals surface area contributed by atoms with Gasteiger partial charge in [0.1, 0.15) is 5.82 Å². The molecule has 0 bridgehead atoms. The van der Waals surface area contributed by atoms with E-state index in [2.05, 4.69) is 5.32 Å². The lowest BCUT2D eigenvalue weighted by Gasteiger charge is -2.13. The third kappa shape index (κ3) is 4.26. The summed E-state index contributed by atoms with van der Waals surface area (Å²) in [4.78, 5) is 11.9. The summed E-state index contributed by atoms with van der Waals surface area (Å²) >= 11 is 5.66. The summed E-state index contributed by atoms with van der Waals surface area (Å²) in [7, 11) is 2.98. The lowest BCUT2D eigenvalue weighted by molar-refractivity contribution is -0.118. The first kappa shape index (κ1) is 16.9. The van der Waals surface area contributed by atoms with E-state index in [1.165, 1.54) is 32.4 Å². The molecular formula is C16H15ClFNO4. The van der Waals surface area contributed by atoms with Gasteiger partial charge in [0.2, 0.25) is 5.75 Å². The second-order valence-corrected chi connectivity index (χ2v) is 4.86. The quantitative estimate of drug-likeness (QED) is 0.875. The molecule has 7 heteroatoms. The van der Waals surface area contributed by atoms with Crippen molar-refractivity contribution in [3.63, 3.8) is 0 Å². The summed E-state index contributed by atoms with van der Waals surface area (Å²) in [5.41, 5.74) is 0.377. The zero-order chi connectivity index (χ0) is 16.8. The Morgan fingerprint density at radius 2 is 1.91 bits per heavy atom. The number of hydrogen-bond acceptors (Lipinski definition) is 4. The Kier molecular flexibility index (Phi) is 5.65. The number of nitrogens with one attached hydrogen (secondary N) is 1. The molecule has 0 aromatic heterocycles. The Morgan fingerprint density at radius 1 is 1.17 bits per heavy atom. The molecular weight excluding hydrogens is 325 g/mol. The fourth-order valence-corrected chi connectivity index (χ4v) is 2.07. The van der Waals surface area contributed by atoms with Gasteiger partial charge in [-0.3, -0.25) is 4.79 Å². The molecule has 1 amide bonds. The van der Waals surface area contributed by atoms with Crippen LogP contribution in [0.2, 0.25) is 5.02 Å². The zero-order valence-electron chi connectivity index (χ0n) is 12.6. The van der Waals surface area contributed by atoms with Crippen molar-refractivity contribution in [1.82, 2.24) is 0 Å². The fraction of sp³-hybridized carbons (Fsp3) is 0.188. The zero-order valence-corrected chi connectivity index (χ0v) is 13.3. The molecule has 2 rings (SSSR count). The van der Waals surface area contributed by atoms with Gasteiger partial charge in [-0.1, -0.05) is 17.7 Å². The van der Waals surface area contributed by atoms with Crippen molar-refractivity contribution >= 4 is 23.2 Å². The van der Waals surface area contributed by atoms with E-state index in [9.17, 15) is 9.18 Å². The van der Waals surface area contributed by atoms with E-state index in [1.54, 1.807) is 18.2 Å². The highest BCUT2D eigenvalue weighted by Gasteiger charge is 2.12. The Morgan fingerprint density at radius 3 is 2.57 bits per heavy atom. The van der Waals surface area contributed by atoms with Gasteiger partial charge in [0, 0.05) is 5.69 Å². The molecule has 0 fully saturated rings. The Balaban J connectivity index is 2.00. The summed E-state index contributed by atoms with van der Waals surface area (Å²) in [6, 6.07) is 8.99. The minimum absolute atomic E-state index is 0.0711. The topological polar surface area (TPSA) is 56.8 Å². The molecule has 0 spiro atoms. The van der Waals surface area contributed by atoms with E-state index < -0.39 is 11.7 Å². The lowest BCUT2D eigenvalue weighted by Crippen LogP contribution is -2.20. The molecule has 0 heterocycles. The van der Waals surface area contributed by atoms with Gasteiger partial charge in [-0.05, 0) is 30.3 Å². The summed E-state index contributed by atoms with van der Waals surface area (Å²) in [5.74, 6) is 0.294. The normalized spacial score (nSPS) is 10.1. The average molecular weight is 340 g/mol. The van der Waals surface area contributed by atoms with E-state index in [0.717, 1.165) is 0 Å². The maximum absolute atomic E-state index is 13.1. The first-order chi connectivity index (χ1) is 11.0. The molecule has 0 aliphatic rings. The van der Waals surface area contributed by atoms with Crippen LogP contribution in [-0.2, 0) is 4.79 Å². The molecule has 0 aliphatic carbocycles. The van der Waals surface area contributed by atoms with Gasteiger partial charge in [-0.25, -0.2) is 4.39 Å². The van der Waals surface area contributed by atoms with Crippen molar-refractivity contribution in [2.75, 3.05) is 26.1 Å². The van der Waals surface area contributed by atoms with Crippen LogP contribution in [0.4, 0.5) is 10.1 Å². The molecule has 0 saturated heterocycles. The molecule has 0 atom stereocenters. The van der Waals surface area contributed by atoms with Gasteiger partial charge >= 0.3 is 0 Å². The van der Waals surface area contributed by atoms with Crippen molar-refractivity contribution in [3.05, 3.63) is 47.2 Å². The number of anilines is 1. The summed E-state index contributed by atoms with van der Waals surface area (Å²) in [6.45, 7) is -0.251. The molecule has 0 saturated carbocycles. The van der Waals surface area contributed by atoms with E-state index >= 15 is 0 Å². The molecule has 0 aliphatic heterocycles. The number of methoxy groups -OCH3 is 2. The summed E-state index contributed by atoms with van der Waals surface area (Å²) in [6.07, 6.45) is 0. The van der Waals surface area contributed by atoms with E-state index in [1.807, 2.05) is 0 Å². The number of benzene rings is 2. The van der Waals surface area contributed by atoms with Gasteiger partial charge in [0.25, 0.3) is 5.91 Å². The van der Waals surface area contributed by atoms with Crippen molar-refractivity contribution in [2.24, 2.45) is 0 Å². The second-order valence-electron chi connectivity index (χ2n) is 4.46.